The van der Waals surface area contributed by atoms with Gasteiger partial charge in [-0.05, 0) is 46.8 Å². The highest BCUT2D eigenvalue weighted by molar-refractivity contribution is 9.10. The summed E-state index contributed by atoms with van der Waals surface area (Å²) >= 11 is 3.47. The Hall–Kier alpha value is -1.56. The molecule has 25 heavy (non-hydrogen) atoms. The smallest absolute Gasteiger partial charge is 0.266 e. The molecule has 3 N–H and O–H groups in total. The fraction of sp³-hybridized carbons (Fsp3) is 0.316. The van der Waals surface area contributed by atoms with E-state index >= 15 is 0 Å². The number of nitrogens with two attached hydrogens (primary N) is 1. The van der Waals surface area contributed by atoms with Gasteiger partial charge in [0.15, 0.2) is 0 Å². The fourth-order valence-corrected chi connectivity index (χ4v) is 3.07. The van der Waals surface area contributed by atoms with Crippen molar-refractivity contribution >= 4 is 34.2 Å². The summed E-state index contributed by atoms with van der Waals surface area (Å²) < 4.78 is 6.85. The van der Waals surface area contributed by atoms with Gasteiger partial charge in [0.2, 0.25) is 6.10 Å². The van der Waals surface area contributed by atoms with Gasteiger partial charge in [-0.3, -0.25) is 4.79 Å². The van der Waals surface area contributed by atoms with Crippen molar-refractivity contribution in [3.63, 3.8) is 0 Å². The molecule has 1 fully saturated rings. The van der Waals surface area contributed by atoms with Gasteiger partial charge in [0.25, 0.3) is 5.91 Å². The summed E-state index contributed by atoms with van der Waals surface area (Å²) in [7, 11) is 0. The van der Waals surface area contributed by atoms with E-state index in [0.717, 1.165) is 22.9 Å². The lowest BCUT2D eigenvalue weighted by molar-refractivity contribution is -0.129. The molecule has 2 aromatic carbocycles. The molecular weight excluding hydrogens is 404 g/mol. The molecule has 1 aliphatic rings. The maximum atomic E-state index is 12.9. The molecule has 134 valence electrons. The monoisotopic (exact) mass is 424 g/mol. The van der Waals surface area contributed by atoms with Gasteiger partial charge in [0.1, 0.15) is 5.75 Å². The van der Waals surface area contributed by atoms with Crippen molar-refractivity contribution < 1.29 is 9.53 Å². The molecule has 0 radical (unpaired) electrons. The van der Waals surface area contributed by atoms with Crippen molar-refractivity contribution in [3.8, 4) is 5.75 Å². The summed E-state index contributed by atoms with van der Waals surface area (Å²) in [5.74, 6) is 0.982. The van der Waals surface area contributed by atoms with Gasteiger partial charge < -0.3 is 15.8 Å². The zero-order valence-corrected chi connectivity index (χ0v) is 16.1. The summed E-state index contributed by atoms with van der Waals surface area (Å²) in [4.78, 5) is 12.9. The van der Waals surface area contributed by atoms with Crippen LogP contribution in [0.1, 0.15) is 24.5 Å². The number of carbonyl (C=O) groups is 1. The van der Waals surface area contributed by atoms with Crippen LogP contribution in [0.4, 0.5) is 0 Å². The first-order valence-electron chi connectivity index (χ1n) is 8.15. The van der Waals surface area contributed by atoms with Crippen LogP contribution in [0.3, 0.4) is 0 Å². The van der Waals surface area contributed by atoms with E-state index in [2.05, 4.69) is 21.2 Å². The number of nitrogens with one attached hydrogen (secondary N) is 1. The van der Waals surface area contributed by atoms with Crippen LogP contribution >= 0.6 is 28.3 Å². The topological polar surface area (TPSA) is 64.3 Å². The Kier molecular flexibility index (Phi) is 7.29. The number of para-hydroxylation sites is 1. The lowest BCUT2D eigenvalue weighted by Crippen LogP contribution is -2.45. The van der Waals surface area contributed by atoms with Crippen molar-refractivity contribution in [2.24, 2.45) is 11.7 Å². The van der Waals surface area contributed by atoms with E-state index in [1.54, 1.807) is 0 Å². The van der Waals surface area contributed by atoms with E-state index in [0.29, 0.717) is 18.2 Å². The number of amides is 1. The fourth-order valence-electron chi connectivity index (χ4n) is 2.69. The van der Waals surface area contributed by atoms with Crippen LogP contribution in [0.2, 0.25) is 0 Å². The van der Waals surface area contributed by atoms with Gasteiger partial charge in [-0.25, -0.2) is 0 Å². The van der Waals surface area contributed by atoms with E-state index in [1.807, 2.05) is 54.6 Å². The third kappa shape index (κ3) is 5.21. The minimum Gasteiger partial charge on any atom is -0.475 e. The number of hydrogen-bond donors (Lipinski definition) is 2. The Morgan fingerprint density at radius 1 is 1.16 bits per heavy atom. The lowest BCUT2D eigenvalue weighted by atomic mass is 10.1. The molecule has 3 rings (SSSR count). The molecule has 0 bridgehead atoms. The molecule has 0 spiro atoms. The molecule has 1 amide bonds. The summed E-state index contributed by atoms with van der Waals surface area (Å²) in [6.07, 6.45) is 1.55. The third-order valence-electron chi connectivity index (χ3n) is 4.19. The number of ether oxygens (including phenoxy) is 1. The van der Waals surface area contributed by atoms with Gasteiger partial charge in [0.05, 0.1) is 4.47 Å². The molecule has 0 aliphatic heterocycles. The molecule has 4 nitrogen and oxygen atoms in total. The Morgan fingerprint density at radius 3 is 2.40 bits per heavy atom. The Bertz CT molecular complexity index is 695. The van der Waals surface area contributed by atoms with Crippen molar-refractivity contribution in [2.75, 3.05) is 6.54 Å². The predicted molar refractivity (Wildman–Crippen MR) is 105 cm³/mol. The zero-order valence-electron chi connectivity index (χ0n) is 13.7. The predicted octanol–water partition coefficient (Wildman–Crippen LogP) is 3.84. The second-order valence-electron chi connectivity index (χ2n) is 6.03. The average Bonchev–Trinajstić information content (AvgIpc) is 3.44. The minimum absolute atomic E-state index is 0. The van der Waals surface area contributed by atoms with Gasteiger partial charge in [-0.2, -0.15) is 0 Å². The molecule has 2 unspecified atom stereocenters. The molecule has 1 aliphatic carbocycles. The van der Waals surface area contributed by atoms with Gasteiger partial charge >= 0.3 is 0 Å². The normalized spacial score (nSPS) is 15.6. The van der Waals surface area contributed by atoms with Crippen LogP contribution in [-0.2, 0) is 4.79 Å². The van der Waals surface area contributed by atoms with Crippen LogP contribution < -0.4 is 15.8 Å². The highest BCUT2D eigenvalue weighted by atomic mass is 79.9. The molecule has 6 heteroatoms. The molecule has 0 saturated heterocycles. The van der Waals surface area contributed by atoms with E-state index in [4.69, 9.17) is 10.5 Å². The maximum Gasteiger partial charge on any atom is 0.266 e. The average molecular weight is 426 g/mol. The van der Waals surface area contributed by atoms with E-state index < -0.39 is 6.10 Å². The zero-order chi connectivity index (χ0) is 16.9. The van der Waals surface area contributed by atoms with Gasteiger partial charge in [-0.1, -0.05) is 42.5 Å². The van der Waals surface area contributed by atoms with Crippen LogP contribution in [0.25, 0.3) is 0 Å². The van der Waals surface area contributed by atoms with Gasteiger partial charge in [-0.15, -0.1) is 12.4 Å². The number of carbonyl (C=O) groups excluding carboxylic acids is 1. The molecule has 1 saturated carbocycles. The molecule has 0 aromatic heterocycles. The molecule has 2 atom stereocenters. The van der Waals surface area contributed by atoms with E-state index in [1.165, 1.54) is 0 Å². The van der Waals surface area contributed by atoms with Crippen LogP contribution in [-0.4, -0.2) is 18.5 Å². The number of rotatable bonds is 7. The van der Waals surface area contributed by atoms with Crippen molar-refractivity contribution in [1.29, 1.82) is 0 Å². The molecule has 2 aromatic rings. The Morgan fingerprint density at radius 2 is 1.80 bits per heavy atom. The second kappa shape index (κ2) is 9.22. The van der Waals surface area contributed by atoms with Gasteiger partial charge in [0, 0.05) is 18.2 Å². The van der Waals surface area contributed by atoms with Crippen LogP contribution in [0.5, 0.6) is 5.75 Å². The first-order valence-corrected chi connectivity index (χ1v) is 8.95. The first kappa shape index (κ1) is 19.8. The summed E-state index contributed by atoms with van der Waals surface area (Å²) in [6.45, 7) is 0.451. The Balaban J connectivity index is 0.00000225. The summed E-state index contributed by atoms with van der Waals surface area (Å²) in [5.41, 5.74) is 6.63. The highest BCUT2D eigenvalue weighted by Crippen LogP contribution is 2.33. The second-order valence-corrected chi connectivity index (χ2v) is 6.88. The van der Waals surface area contributed by atoms with Crippen molar-refractivity contribution in [3.05, 3.63) is 64.6 Å². The standard InChI is InChI=1S/C19H21BrN2O2.ClH/c20-15-8-4-5-9-17(15)24-18(14-6-2-1-3-7-14)19(23)22-16(12-21)13-10-11-13;/h1-9,13,16,18H,10-12,21H2,(H,22,23);1H. The van der Waals surface area contributed by atoms with Crippen molar-refractivity contribution in [2.45, 2.75) is 25.0 Å². The molecular formula is C19H22BrClN2O2. The number of benzene rings is 2. The SMILES string of the molecule is Cl.NCC(NC(=O)C(Oc1ccccc1Br)c1ccccc1)C1CC1. The van der Waals surface area contributed by atoms with Crippen LogP contribution in [0, 0.1) is 5.92 Å². The molecule has 0 heterocycles. The third-order valence-corrected chi connectivity index (χ3v) is 4.85. The summed E-state index contributed by atoms with van der Waals surface area (Å²) in [5, 5.41) is 3.06. The number of halogens is 2. The minimum atomic E-state index is -0.710. The van der Waals surface area contributed by atoms with Crippen molar-refractivity contribution in [1.82, 2.24) is 5.32 Å². The highest BCUT2D eigenvalue weighted by Gasteiger charge is 2.33. The largest absolute Gasteiger partial charge is 0.475 e. The number of hydrogen-bond acceptors (Lipinski definition) is 3. The quantitative estimate of drug-likeness (QED) is 0.708. The van der Waals surface area contributed by atoms with E-state index in [9.17, 15) is 4.79 Å². The lowest BCUT2D eigenvalue weighted by Gasteiger charge is -2.23. The first-order chi connectivity index (χ1) is 11.7. The maximum absolute atomic E-state index is 12.9. The van der Waals surface area contributed by atoms with E-state index in [-0.39, 0.29) is 24.4 Å². The Labute approximate surface area is 162 Å². The van der Waals surface area contributed by atoms with Crippen LogP contribution in [0.15, 0.2) is 59.1 Å². The summed E-state index contributed by atoms with van der Waals surface area (Å²) in [6, 6.07) is 17.1.